The molecule has 3 N–H and O–H groups in total. The molecule has 0 aromatic heterocycles. The van der Waals surface area contributed by atoms with Crippen LogP contribution in [-0.2, 0) is 9.53 Å². The predicted molar refractivity (Wildman–Crippen MR) is 57.5 cm³/mol. The first-order valence-corrected chi connectivity index (χ1v) is 5.63. The molecule has 0 bridgehead atoms. The van der Waals surface area contributed by atoms with Crippen molar-refractivity contribution in [2.45, 2.75) is 45.3 Å². The van der Waals surface area contributed by atoms with E-state index in [9.17, 15) is 4.79 Å². The summed E-state index contributed by atoms with van der Waals surface area (Å²) in [4.78, 5) is 10.7. The van der Waals surface area contributed by atoms with Crippen molar-refractivity contribution in [3.05, 3.63) is 0 Å². The minimum Gasteiger partial charge on any atom is -0.479 e. The number of aliphatic carboxylic acids is 1. The molecule has 0 aromatic rings. The zero-order chi connectivity index (χ0) is 11.4. The van der Waals surface area contributed by atoms with Gasteiger partial charge in [-0.3, -0.25) is 0 Å². The molecular formula is C11H21NO3. The van der Waals surface area contributed by atoms with Gasteiger partial charge in [0.15, 0.2) is 6.10 Å². The Morgan fingerprint density at radius 3 is 2.60 bits per heavy atom. The number of rotatable bonds is 4. The van der Waals surface area contributed by atoms with Crippen molar-refractivity contribution in [1.82, 2.24) is 0 Å². The third-order valence-electron chi connectivity index (χ3n) is 3.40. The highest BCUT2D eigenvalue weighted by atomic mass is 16.5. The molecule has 4 atom stereocenters. The van der Waals surface area contributed by atoms with Gasteiger partial charge in [0.05, 0.1) is 6.10 Å². The Labute approximate surface area is 90.8 Å². The van der Waals surface area contributed by atoms with Crippen LogP contribution < -0.4 is 5.73 Å². The van der Waals surface area contributed by atoms with Crippen molar-refractivity contribution >= 4 is 5.97 Å². The van der Waals surface area contributed by atoms with E-state index in [4.69, 9.17) is 15.6 Å². The zero-order valence-electron chi connectivity index (χ0n) is 9.48. The maximum absolute atomic E-state index is 10.7. The summed E-state index contributed by atoms with van der Waals surface area (Å²) in [5.41, 5.74) is 5.35. The largest absolute Gasteiger partial charge is 0.479 e. The standard InChI is InChI=1S/C11H21NO3/c1-7-3-4-9(5-8(7)2)15-10(6-12)11(13)14/h7-10H,3-6,12H2,1-2H3,(H,13,14). The third-order valence-corrected chi connectivity index (χ3v) is 3.40. The molecule has 1 aliphatic rings. The van der Waals surface area contributed by atoms with Crippen LogP contribution in [0.4, 0.5) is 0 Å². The highest BCUT2D eigenvalue weighted by Gasteiger charge is 2.28. The summed E-state index contributed by atoms with van der Waals surface area (Å²) in [6.45, 7) is 4.48. The lowest BCUT2D eigenvalue weighted by atomic mass is 9.80. The minimum atomic E-state index is -0.955. The van der Waals surface area contributed by atoms with Crippen LogP contribution in [-0.4, -0.2) is 29.8 Å². The molecule has 0 spiro atoms. The molecule has 1 aliphatic carbocycles. The topological polar surface area (TPSA) is 72.5 Å². The molecule has 0 radical (unpaired) electrons. The van der Waals surface area contributed by atoms with Crippen LogP contribution >= 0.6 is 0 Å². The van der Waals surface area contributed by atoms with Crippen LogP contribution in [0.5, 0.6) is 0 Å². The molecule has 1 rings (SSSR count). The summed E-state index contributed by atoms with van der Waals surface area (Å²) in [7, 11) is 0. The number of hydrogen-bond acceptors (Lipinski definition) is 3. The number of nitrogens with two attached hydrogens (primary N) is 1. The van der Waals surface area contributed by atoms with Crippen molar-refractivity contribution in [1.29, 1.82) is 0 Å². The summed E-state index contributed by atoms with van der Waals surface area (Å²) in [5, 5.41) is 8.82. The van der Waals surface area contributed by atoms with E-state index < -0.39 is 12.1 Å². The van der Waals surface area contributed by atoms with Gasteiger partial charge in [-0.15, -0.1) is 0 Å². The van der Waals surface area contributed by atoms with Gasteiger partial charge >= 0.3 is 5.97 Å². The zero-order valence-corrected chi connectivity index (χ0v) is 9.48. The molecule has 4 unspecified atom stereocenters. The first-order chi connectivity index (χ1) is 7.04. The van der Waals surface area contributed by atoms with E-state index in [2.05, 4.69) is 13.8 Å². The average Bonchev–Trinajstić information content (AvgIpc) is 2.19. The van der Waals surface area contributed by atoms with Crippen molar-refractivity contribution < 1.29 is 14.6 Å². The van der Waals surface area contributed by atoms with E-state index in [0.717, 1.165) is 19.3 Å². The summed E-state index contributed by atoms with van der Waals surface area (Å²) < 4.78 is 5.50. The van der Waals surface area contributed by atoms with E-state index in [1.165, 1.54) is 0 Å². The Kier molecular flexibility index (Phi) is 4.54. The maximum atomic E-state index is 10.7. The maximum Gasteiger partial charge on any atom is 0.334 e. The van der Waals surface area contributed by atoms with Crippen LogP contribution in [0.15, 0.2) is 0 Å². The summed E-state index contributed by atoms with van der Waals surface area (Å²) >= 11 is 0. The number of ether oxygens (including phenoxy) is 1. The number of carboxylic acids is 1. The van der Waals surface area contributed by atoms with Gasteiger partial charge in [-0.2, -0.15) is 0 Å². The van der Waals surface area contributed by atoms with Crippen molar-refractivity contribution in [3.63, 3.8) is 0 Å². The summed E-state index contributed by atoms with van der Waals surface area (Å²) in [6, 6.07) is 0. The van der Waals surface area contributed by atoms with Crippen molar-refractivity contribution in [2.24, 2.45) is 17.6 Å². The van der Waals surface area contributed by atoms with Gasteiger partial charge in [0.1, 0.15) is 0 Å². The fourth-order valence-electron chi connectivity index (χ4n) is 2.07. The second-order valence-corrected chi connectivity index (χ2v) is 4.59. The van der Waals surface area contributed by atoms with Gasteiger partial charge < -0.3 is 15.6 Å². The Hall–Kier alpha value is -0.610. The molecule has 0 amide bonds. The Balaban J connectivity index is 2.42. The molecule has 1 saturated carbocycles. The number of carbonyl (C=O) groups is 1. The summed E-state index contributed by atoms with van der Waals surface area (Å²) in [5.74, 6) is 0.366. The van der Waals surface area contributed by atoms with E-state index in [1.54, 1.807) is 0 Å². The van der Waals surface area contributed by atoms with Gasteiger partial charge in [0.2, 0.25) is 0 Å². The highest BCUT2D eigenvalue weighted by molar-refractivity contribution is 5.72. The SMILES string of the molecule is CC1CCC(OC(CN)C(=O)O)CC1C. The second kappa shape index (κ2) is 5.47. The fourth-order valence-corrected chi connectivity index (χ4v) is 2.07. The van der Waals surface area contributed by atoms with Gasteiger partial charge in [0.25, 0.3) is 0 Å². The molecule has 88 valence electrons. The van der Waals surface area contributed by atoms with Gasteiger partial charge in [-0.1, -0.05) is 13.8 Å². The average molecular weight is 215 g/mol. The molecule has 0 saturated heterocycles. The molecule has 0 aromatic carbocycles. The van der Waals surface area contributed by atoms with E-state index in [-0.39, 0.29) is 12.6 Å². The Morgan fingerprint density at radius 1 is 1.47 bits per heavy atom. The molecular weight excluding hydrogens is 194 g/mol. The highest BCUT2D eigenvalue weighted by Crippen LogP contribution is 2.31. The first-order valence-electron chi connectivity index (χ1n) is 5.63. The quantitative estimate of drug-likeness (QED) is 0.740. The van der Waals surface area contributed by atoms with E-state index >= 15 is 0 Å². The normalized spacial score (nSPS) is 33.7. The van der Waals surface area contributed by atoms with Crippen LogP contribution in [0.1, 0.15) is 33.1 Å². The van der Waals surface area contributed by atoms with E-state index in [1.807, 2.05) is 0 Å². The van der Waals surface area contributed by atoms with Crippen molar-refractivity contribution in [2.75, 3.05) is 6.54 Å². The molecule has 0 heterocycles. The summed E-state index contributed by atoms with van der Waals surface area (Å²) in [6.07, 6.45) is 2.25. The minimum absolute atomic E-state index is 0.0514. The van der Waals surface area contributed by atoms with Gasteiger partial charge in [-0.05, 0) is 31.1 Å². The lowest BCUT2D eigenvalue weighted by Gasteiger charge is -2.33. The van der Waals surface area contributed by atoms with Crippen LogP contribution in [0, 0.1) is 11.8 Å². The molecule has 4 heteroatoms. The monoisotopic (exact) mass is 215 g/mol. The van der Waals surface area contributed by atoms with E-state index in [0.29, 0.717) is 11.8 Å². The van der Waals surface area contributed by atoms with Gasteiger partial charge in [0, 0.05) is 6.54 Å². The third kappa shape index (κ3) is 3.47. The van der Waals surface area contributed by atoms with Crippen molar-refractivity contribution in [3.8, 4) is 0 Å². The first kappa shape index (κ1) is 12.5. The fraction of sp³-hybridized carbons (Fsp3) is 0.909. The predicted octanol–water partition coefficient (Wildman–Crippen LogP) is 1.24. The molecule has 15 heavy (non-hydrogen) atoms. The molecule has 1 fully saturated rings. The Morgan fingerprint density at radius 2 is 2.13 bits per heavy atom. The van der Waals surface area contributed by atoms with Crippen LogP contribution in [0.25, 0.3) is 0 Å². The smallest absolute Gasteiger partial charge is 0.334 e. The van der Waals surface area contributed by atoms with Crippen LogP contribution in [0.3, 0.4) is 0 Å². The van der Waals surface area contributed by atoms with Crippen LogP contribution in [0.2, 0.25) is 0 Å². The lowest BCUT2D eigenvalue weighted by molar-refractivity contribution is -0.155. The Bertz CT molecular complexity index is 220. The second-order valence-electron chi connectivity index (χ2n) is 4.59. The molecule has 4 nitrogen and oxygen atoms in total. The number of carboxylic acid groups (broad SMARTS) is 1. The molecule has 0 aliphatic heterocycles. The number of hydrogen-bond donors (Lipinski definition) is 2. The van der Waals surface area contributed by atoms with Gasteiger partial charge in [-0.25, -0.2) is 4.79 Å². The lowest BCUT2D eigenvalue weighted by Crippen LogP contribution is -2.38.